The zero-order valence-electron chi connectivity index (χ0n) is 7.86. The highest BCUT2D eigenvalue weighted by Gasteiger charge is 2.59. The van der Waals surface area contributed by atoms with E-state index in [9.17, 15) is 0 Å². The van der Waals surface area contributed by atoms with Crippen LogP contribution < -0.4 is 0 Å². The van der Waals surface area contributed by atoms with Crippen molar-refractivity contribution in [2.45, 2.75) is 37.4 Å². The molecule has 0 spiro atoms. The summed E-state index contributed by atoms with van der Waals surface area (Å²) in [5.41, 5.74) is 1.32. The molecule has 3 nitrogen and oxygen atoms in total. The summed E-state index contributed by atoms with van der Waals surface area (Å²) < 4.78 is 7.78. The quantitative estimate of drug-likeness (QED) is 0.611. The number of hydrogen-bond acceptors (Lipinski definition) is 2. The van der Waals surface area contributed by atoms with Crippen molar-refractivity contribution in [3.63, 3.8) is 0 Å². The maximum Gasteiger partial charge on any atom is 0.136 e. The van der Waals surface area contributed by atoms with Crippen LogP contribution in [0.4, 0.5) is 0 Å². The average molecular weight is 178 g/mol. The van der Waals surface area contributed by atoms with Gasteiger partial charge in [0, 0.05) is 13.2 Å². The third-order valence-electron chi connectivity index (χ3n) is 3.33. The summed E-state index contributed by atoms with van der Waals surface area (Å²) in [5, 5.41) is 4.20. The van der Waals surface area contributed by atoms with E-state index in [0.717, 1.165) is 0 Å². The summed E-state index contributed by atoms with van der Waals surface area (Å²) in [6.07, 6.45) is 7.36. The Morgan fingerprint density at radius 2 is 2.54 bits per heavy atom. The number of ether oxygens (including phenoxy) is 1. The summed E-state index contributed by atoms with van der Waals surface area (Å²) >= 11 is 0. The van der Waals surface area contributed by atoms with Gasteiger partial charge in [0.2, 0.25) is 0 Å². The van der Waals surface area contributed by atoms with Gasteiger partial charge in [-0.05, 0) is 25.3 Å². The number of fused-ring (bicyclic) bond motifs is 1. The Morgan fingerprint density at radius 1 is 1.62 bits per heavy atom. The molecule has 3 rings (SSSR count). The second-order valence-corrected chi connectivity index (χ2v) is 4.08. The molecule has 2 aliphatic rings. The Balaban J connectivity index is 1.97. The molecule has 1 aliphatic heterocycles. The Bertz CT molecular complexity index is 333. The van der Waals surface area contributed by atoms with Crippen LogP contribution in [-0.4, -0.2) is 15.9 Å². The van der Waals surface area contributed by atoms with E-state index < -0.39 is 0 Å². The lowest BCUT2D eigenvalue weighted by Crippen LogP contribution is -2.20. The summed E-state index contributed by atoms with van der Waals surface area (Å²) in [7, 11) is 2.00. The number of nitrogens with zero attached hydrogens (tertiary/aromatic N) is 2. The van der Waals surface area contributed by atoms with Crippen molar-refractivity contribution in [3.05, 3.63) is 18.0 Å². The van der Waals surface area contributed by atoms with E-state index in [1.165, 1.54) is 31.4 Å². The smallest absolute Gasteiger partial charge is 0.136 e. The van der Waals surface area contributed by atoms with Crippen LogP contribution in [0.3, 0.4) is 0 Å². The number of rotatable bonds is 1. The fourth-order valence-electron chi connectivity index (χ4n) is 2.59. The van der Waals surface area contributed by atoms with Gasteiger partial charge in [-0.2, -0.15) is 5.10 Å². The third kappa shape index (κ3) is 0.908. The molecule has 0 amide bonds. The summed E-state index contributed by atoms with van der Waals surface area (Å²) in [6.45, 7) is 0. The van der Waals surface area contributed by atoms with Crippen molar-refractivity contribution in [2.24, 2.45) is 7.05 Å². The van der Waals surface area contributed by atoms with Crippen LogP contribution in [0, 0.1) is 0 Å². The van der Waals surface area contributed by atoms with Crippen LogP contribution in [-0.2, 0) is 17.4 Å². The van der Waals surface area contributed by atoms with Gasteiger partial charge in [-0.25, -0.2) is 0 Å². The lowest BCUT2D eigenvalue weighted by atomic mass is 9.87. The molecule has 3 heteroatoms. The lowest BCUT2D eigenvalue weighted by Gasteiger charge is -2.16. The van der Waals surface area contributed by atoms with Gasteiger partial charge in [-0.1, -0.05) is 6.42 Å². The first-order chi connectivity index (χ1) is 6.33. The highest BCUT2D eigenvalue weighted by atomic mass is 16.6. The van der Waals surface area contributed by atoms with Gasteiger partial charge < -0.3 is 4.74 Å². The number of epoxide rings is 1. The topological polar surface area (TPSA) is 30.4 Å². The first-order valence-corrected chi connectivity index (χ1v) is 4.99. The fraction of sp³-hybridized carbons (Fsp3) is 0.700. The van der Waals surface area contributed by atoms with E-state index in [1.807, 2.05) is 17.9 Å². The maximum absolute atomic E-state index is 5.83. The van der Waals surface area contributed by atoms with E-state index in [1.54, 1.807) is 0 Å². The van der Waals surface area contributed by atoms with Crippen molar-refractivity contribution >= 4 is 0 Å². The number of aromatic nitrogens is 2. The molecular formula is C10H14N2O. The second kappa shape index (κ2) is 2.35. The Morgan fingerprint density at radius 3 is 3.23 bits per heavy atom. The minimum Gasteiger partial charge on any atom is -0.359 e. The first-order valence-electron chi connectivity index (χ1n) is 4.99. The molecule has 70 valence electrons. The minimum atomic E-state index is 0.0590. The number of aryl methyl sites for hydroxylation is 1. The summed E-state index contributed by atoms with van der Waals surface area (Å²) in [5.74, 6) is 0. The largest absolute Gasteiger partial charge is 0.359 e. The van der Waals surface area contributed by atoms with E-state index in [-0.39, 0.29) is 5.60 Å². The zero-order chi connectivity index (χ0) is 8.89. The van der Waals surface area contributed by atoms with Gasteiger partial charge in [0.05, 0.1) is 11.8 Å². The van der Waals surface area contributed by atoms with Crippen molar-refractivity contribution in [2.75, 3.05) is 0 Å². The van der Waals surface area contributed by atoms with Gasteiger partial charge in [0.15, 0.2) is 0 Å². The molecule has 0 unspecified atom stereocenters. The van der Waals surface area contributed by atoms with E-state index in [4.69, 9.17) is 4.74 Å². The highest BCUT2D eigenvalue weighted by Crippen LogP contribution is 2.54. The second-order valence-electron chi connectivity index (χ2n) is 4.08. The molecule has 1 aliphatic carbocycles. The molecule has 0 N–H and O–H groups in total. The van der Waals surface area contributed by atoms with Crippen LogP contribution in [0.1, 0.15) is 31.4 Å². The molecule has 2 fully saturated rings. The van der Waals surface area contributed by atoms with Gasteiger partial charge in [0.1, 0.15) is 5.60 Å². The highest BCUT2D eigenvalue weighted by molar-refractivity contribution is 5.23. The lowest BCUT2D eigenvalue weighted by molar-refractivity contribution is 0.277. The molecule has 2 heterocycles. The fourth-order valence-corrected chi connectivity index (χ4v) is 2.59. The molecule has 2 atom stereocenters. The van der Waals surface area contributed by atoms with Gasteiger partial charge in [0.25, 0.3) is 0 Å². The molecule has 1 saturated heterocycles. The Kier molecular flexibility index (Phi) is 1.37. The Labute approximate surface area is 77.7 Å². The normalized spacial score (nSPS) is 37.2. The van der Waals surface area contributed by atoms with E-state index >= 15 is 0 Å². The molecule has 0 aromatic carbocycles. The van der Waals surface area contributed by atoms with Gasteiger partial charge in [-0.3, -0.25) is 4.68 Å². The molecule has 1 saturated carbocycles. The standard InChI is InChI=1S/C10H14N2O/c1-12-8(5-7-11-12)10-6-3-2-4-9(10)13-10/h5,7,9H,2-4,6H2,1H3/t9-,10+/m0/s1. The van der Waals surface area contributed by atoms with Crippen LogP contribution in [0.15, 0.2) is 12.3 Å². The van der Waals surface area contributed by atoms with Crippen LogP contribution in [0.2, 0.25) is 0 Å². The van der Waals surface area contributed by atoms with Crippen molar-refractivity contribution in [1.82, 2.24) is 9.78 Å². The molecule has 13 heavy (non-hydrogen) atoms. The monoisotopic (exact) mass is 178 g/mol. The van der Waals surface area contributed by atoms with E-state index in [2.05, 4.69) is 11.2 Å². The molecule has 0 radical (unpaired) electrons. The predicted octanol–water partition coefficient (Wildman–Crippen LogP) is 1.59. The summed E-state index contributed by atoms with van der Waals surface area (Å²) in [4.78, 5) is 0. The minimum absolute atomic E-state index is 0.0590. The van der Waals surface area contributed by atoms with E-state index in [0.29, 0.717) is 6.10 Å². The molecule has 1 aromatic heterocycles. The predicted molar refractivity (Wildman–Crippen MR) is 48.2 cm³/mol. The van der Waals surface area contributed by atoms with Crippen LogP contribution in [0.25, 0.3) is 0 Å². The average Bonchev–Trinajstić information content (AvgIpc) is 2.74. The van der Waals surface area contributed by atoms with Crippen LogP contribution >= 0.6 is 0 Å². The molecule has 0 bridgehead atoms. The molecular weight excluding hydrogens is 164 g/mol. The third-order valence-corrected chi connectivity index (χ3v) is 3.33. The van der Waals surface area contributed by atoms with Crippen molar-refractivity contribution in [1.29, 1.82) is 0 Å². The maximum atomic E-state index is 5.83. The van der Waals surface area contributed by atoms with Crippen molar-refractivity contribution in [3.8, 4) is 0 Å². The van der Waals surface area contributed by atoms with Gasteiger partial charge in [-0.15, -0.1) is 0 Å². The van der Waals surface area contributed by atoms with Crippen LogP contribution in [0.5, 0.6) is 0 Å². The zero-order valence-corrected chi connectivity index (χ0v) is 7.86. The first kappa shape index (κ1) is 7.56. The molecule has 1 aromatic rings. The SMILES string of the molecule is Cn1nccc1[C@]12CCCC[C@@H]1O2. The summed E-state index contributed by atoms with van der Waals surface area (Å²) in [6, 6.07) is 2.09. The van der Waals surface area contributed by atoms with Gasteiger partial charge >= 0.3 is 0 Å². The Hall–Kier alpha value is -0.830. The van der Waals surface area contributed by atoms with Crippen molar-refractivity contribution < 1.29 is 4.74 Å². The number of hydrogen-bond donors (Lipinski definition) is 0.